The molecule has 0 saturated carbocycles. The van der Waals surface area contributed by atoms with Crippen LogP contribution in [0.5, 0.6) is 11.5 Å². The van der Waals surface area contributed by atoms with E-state index >= 15 is 0 Å². The van der Waals surface area contributed by atoms with Gasteiger partial charge in [0.05, 0.1) is 30.3 Å². The van der Waals surface area contributed by atoms with Crippen LogP contribution in [0.1, 0.15) is 48.6 Å². The van der Waals surface area contributed by atoms with Gasteiger partial charge in [-0.3, -0.25) is 0 Å². The van der Waals surface area contributed by atoms with Crippen LogP contribution in [0.25, 0.3) is 0 Å². The first-order chi connectivity index (χ1) is 13.1. The molecule has 2 aromatic carbocycles. The van der Waals surface area contributed by atoms with Crippen molar-refractivity contribution in [1.82, 2.24) is 0 Å². The molecule has 3 unspecified atom stereocenters. The van der Waals surface area contributed by atoms with Crippen molar-refractivity contribution < 1.29 is 14.2 Å². The van der Waals surface area contributed by atoms with E-state index in [0.29, 0.717) is 12.5 Å². The van der Waals surface area contributed by atoms with Gasteiger partial charge in [-0.1, -0.05) is 17.7 Å². The van der Waals surface area contributed by atoms with E-state index in [0.717, 1.165) is 41.1 Å². The summed E-state index contributed by atoms with van der Waals surface area (Å²) >= 11 is 3.67. The Bertz CT molecular complexity index is 839. The van der Waals surface area contributed by atoms with Gasteiger partial charge in [-0.15, -0.1) is 0 Å². The number of ether oxygens (including phenoxy) is 3. The molecule has 0 bridgehead atoms. The molecule has 1 fully saturated rings. The van der Waals surface area contributed by atoms with Crippen LogP contribution in [0.3, 0.4) is 0 Å². The monoisotopic (exact) mass is 431 g/mol. The highest BCUT2D eigenvalue weighted by Crippen LogP contribution is 2.50. The van der Waals surface area contributed by atoms with Gasteiger partial charge in [0, 0.05) is 23.8 Å². The molecule has 4 nitrogen and oxygen atoms in total. The number of hydrogen-bond acceptors (Lipinski definition) is 4. The van der Waals surface area contributed by atoms with Crippen LogP contribution in [0, 0.1) is 12.8 Å². The Morgan fingerprint density at radius 1 is 1.26 bits per heavy atom. The number of aryl methyl sites for hydroxylation is 1. The van der Waals surface area contributed by atoms with Crippen molar-refractivity contribution in [3.05, 3.63) is 51.5 Å². The second-order valence-electron chi connectivity index (χ2n) is 7.28. The lowest BCUT2D eigenvalue weighted by Crippen LogP contribution is -2.36. The zero-order chi connectivity index (χ0) is 19.0. The van der Waals surface area contributed by atoms with Gasteiger partial charge in [0.1, 0.15) is 0 Å². The lowest BCUT2D eigenvalue weighted by molar-refractivity contribution is -0.0381. The maximum absolute atomic E-state index is 6.26. The zero-order valence-corrected chi connectivity index (χ0v) is 17.6. The van der Waals surface area contributed by atoms with E-state index in [1.54, 1.807) is 7.11 Å². The Hall–Kier alpha value is -1.72. The van der Waals surface area contributed by atoms with Crippen LogP contribution in [0.4, 0.5) is 5.69 Å². The van der Waals surface area contributed by atoms with E-state index in [1.165, 1.54) is 16.7 Å². The number of benzene rings is 2. The summed E-state index contributed by atoms with van der Waals surface area (Å²) in [7, 11) is 1.69. The van der Waals surface area contributed by atoms with Crippen molar-refractivity contribution in [2.45, 2.75) is 38.8 Å². The van der Waals surface area contributed by atoms with E-state index in [2.05, 4.69) is 58.5 Å². The summed E-state index contributed by atoms with van der Waals surface area (Å²) in [5.41, 5.74) is 4.91. The van der Waals surface area contributed by atoms with Crippen molar-refractivity contribution in [3.63, 3.8) is 0 Å². The summed E-state index contributed by atoms with van der Waals surface area (Å²) in [6.45, 7) is 5.54. The fourth-order valence-corrected chi connectivity index (χ4v) is 4.90. The number of rotatable bonds is 4. The summed E-state index contributed by atoms with van der Waals surface area (Å²) in [6.07, 6.45) is 2.37. The number of hydrogen-bond donors (Lipinski definition) is 1. The molecular formula is C22H26BrNO3. The number of methoxy groups -OCH3 is 1. The average Bonchev–Trinajstić information content (AvgIpc) is 2.69. The largest absolute Gasteiger partial charge is 0.493 e. The van der Waals surface area contributed by atoms with E-state index in [-0.39, 0.29) is 12.1 Å². The predicted octanol–water partition coefficient (Wildman–Crippen LogP) is 5.80. The minimum Gasteiger partial charge on any atom is -0.493 e. The summed E-state index contributed by atoms with van der Waals surface area (Å²) in [5.74, 6) is 1.90. The van der Waals surface area contributed by atoms with Crippen LogP contribution < -0.4 is 14.8 Å². The standard InChI is InChI=1S/C22H26BrNO3/c1-4-26-22-17(23)11-14(12-19(22)25-3)20-15-6-5-9-27-21(15)16-10-13(2)7-8-18(16)24-20/h7-8,10-12,15,20-21,24H,4-6,9H2,1-3H3. The van der Waals surface area contributed by atoms with Gasteiger partial charge in [0.15, 0.2) is 11.5 Å². The SMILES string of the molecule is CCOc1c(Br)cc(C2Nc3ccc(C)cc3C3OCCCC23)cc1OC. The zero-order valence-electron chi connectivity index (χ0n) is 16.0. The van der Waals surface area contributed by atoms with Gasteiger partial charge in [-0.25, -0.2) is 0 Å². The van der Waals surface area contributed by atoms with Crippen molar-refractivity contribution in [3.8, 4) is 11.5 Å². The van der Waals surface area contributed by atoms with Crippen LogP contribution in [0.2, 0.25) is 0 Å². The van der Waals surface area contributed by atoms with Gasteiger partial charge in [0.2, 0.25) is 0 Å². The van der Waals surface area contributed by atoms with Crippen LogP contribution in [-0.2, 0) is 4.74 Å². The van der Waals surface area contributed by atoms with E-state index in [1.807, 2.05) is 6.92 Å². The summed E-state index contributed by atoms with van der Waals surface area (Å²) in [6, 6.07) is 11.0. The Morgan fingerprint density at radius 3 is 2.89 bits per heavy atom. The third-order valence-corrected chi connectivity index (χ3v) is 6.11. The molecule has 3 atom stereocenters. The molecule has 2 heterocycles. The lowest BCUT2D eigenvalue weighted by atomic mass is 9.77. The lowest BCUT2D eigenvalue weighted by Gasteiger charge is -2.43. The molecule has 1 saturated heterocycles. The highest BCUT2D eigenvalue weighted by Gasteiger charge is 2.40. The number of halogens is 1. The molecular weight excluding hydrogens is 406 g/mol. The molecule has 0 spiro atoms. The summed E-state index contributed by atoms with van der Waals surface area (Å²) in [4.78, 5) is 0. The molecule has 0 amide bonds. The predicted molar refractivity (Wildman–Crippen MR) is 111 cm³/mol. The molecule has 27 heavy (non-hydrogen) atoms. The average molecular weight is 432 g/mol. The summed E-state index contributed by atoms with van der Waals surface area (Å²) in [5, 5.41) is 3.77. The maximum atomic E-state index is 6.26. The van der Waals surface area contributed by atoms with E-state index < -0.39 is 0 Å². The van der Waals surface area contributed by atoms with Crippen molar-refractivity contribution in [1.29, 1.82) is 0 Å². The number of fused-ring (bicyclic) bond motifs is 3. The fourth-order valence-electron chi connectivity index (χ4n) is 4.32. The first kappa shape index (κ1) is 18.6. The molecule has 0 aliphatic carbocycles. The van der Waals surface area contributed by atoms with Gasteiger partial charge in [0.25, 0.3) is 0 Å². The van der Waals surface area contributed by atoms with Crippen LogP contribution in [0.15, 0.2) is 34.8 Å². The highest BCUT2D eigenvalue weighted by molar-refractivity contribution is 9.10. The molecule has 2 aliphatic heterocycles. The van der Waals surface area contributed by atoms with Gasteiger partial charge in [-0.2, -0.15) is 0 Å². The smallest absolute Gasteiger partial charge is 0.175 e. The van der Waals surface area contributed by atoms with Crippen molar-refractivity contribution >= 4 is 21.6 Å². The van der Waals surface area contributed by atoms with Gasteiger partial charge >= 0.3 is 0 Å². The Balaban J connectivity index is 1.77. The minimum absolute atomic E-state index is 0.135. The number of anilines is 1. The molecule has 5 heteroatoms. The maximum Gasteiger partial charge on any atom is 0.175 e. The van der Waals surface area contributed by atoms with E-state index in [9.17, 15) is 0 Å². The third-order valence-electron chi connectivity index (χ3n) is 5.52. The van der Waals surface area contributed by atoms with Crippen molar-refractivity contribution in [2.24, 2.45) is 5.92 Å². The molecule has 0 radical (unpaired) electrons. The van der Waals surface area contributed by atoms with Crippen LogP contribution in [-0.4, -0.2) is 20.3 Å². The topological polar surface area (TPSA) is 39.7 Å². The first-order valence-corrected chi connectivity index (χ1v) is 10.4. The third kappa shape index (κ3) is 3.43. The molecule has 0 aromatic heterocycles. The van der Waals surface area contributed by atoms with Gasteiger partial charge in [-0.05, 0) is 66.4 Å². The molecule has 144 valence electrons. The van der Waals surface area contributed by atoms with E-state index in [4.69, 9.17) is 14.2 Å². The first-order valence-electron chi connectivity index (χ1n) is 9.61. The highest BCUT2D eigenvalue weighted by atomic mass is 79.9. The Kier molecular flexibility index (Phi) is 5.33. The normalized spacial score (nSPS) is 23.8. The fraction of sp³-hybridized carbons (Fsp3) is 0.455. The molecule has 4 rings (SSSR count). The van der Waals surface area contributed by atoms with Gasteiger partial charge < -0.3 is 19.5 Å². The van der Waals surface area contributed by atoms with Crippen LogP contribution >= 0.6 is 15.9 Å². The van der Waals surface area contributed by atoms with Crippen molar-refractivity contribution in [2.75, 3.05) is 25.6 Å². The molecule has 1 N–H and O–H groups in total. The second kappa shape index (κ2) is 7.72. The second-order valence-corrected chi connectivity index (χ2v) is 8.13. The Morgan fingerprint density at radius 2 is 2.11 bits per heavy atom. The Labute approximate surface area is 169 Å². The minimum atomic E-state index is 0.135. The molecule has 2 aliphatic rings. The number of nitrogens with one attached hydrogen (secondary N) is 1. The summed E-state index contributed by atoms with van der Waals surface area (Å²) < 4.78 is 18.6. The quantitative estimate of drug-likeness (QED) is 0.663. The molecule has 2 aromatic rings.